The molecule has 0 aromatic heterocycles. The molecule has 0 atom stereocenters. The van der Waals surface area contributed by atoms with Gasteiger partial charge >= 0.3 is 0 Å². The van der Waals surface area contributed by atoms with Gasteiger partial charge in [0.1, 0.15) is 0 Å². The van der Waals surface area contributed by atoms with Crippen molar-refractivity contribution in [3.63, 3.8) is 0 Å². The number of halogens is 1. The SMILES string of the molecule is CNc1ccc(CNCC[N+]2(C)CCN(C)CC2)cc1N.[Cl-]. The molecule has 1 fully saturated rings. The minimum Gasteiger partial charge on any atom is -1.00 e. The minimum absolute atomic E-state index is 0. The Morgan fingerprint density at radius 1 is 1.27 bits per heavy atom. The summed E-state index contributed by atoms with van der Waals surface area (Å²) < 4.78 is 1.18. The van der Waals surface area contributed by atoms with Gasteiger partial charge in [-0.2, -0.15) is 0 Å². The predicted molar refractivity (Wildman–Crippen MR) is 90.4 cm³/mol. The number of anilines is 2. The summed E-state index contributed by atoms with van der Waals surface area (Å²) in [6.07, 6.45) is 0. The Kier molecular flexibility index (Phi) is 7.42. The van der Waals surface area contributed by atoms with Crippen LogP contribution in [0.5, 0.6) is 0 Å². The number of rotatable bonds is 6. The quantitative estimate of drug-likeness (QED) is 0.315. The molecule has 1 saturated heterocycles. The van der Waals surface area contributed by atoms with Gasteiger partial charge in [-0.25, -0.2) is 0 Å². The lowest BCUT2D eigenvalue weighted by Crippen LogP contribution is -3.00. The van der Waals surface area contributed by atoms with Gasteiger partial charge in [0.05, 0.1) is 38.1 Å². The Bertz CT molecular complexity index is 458. The van der Waals surface area contributed by atoms with Gasteiger partial charge in [-0.3, -0.25) is 4.90 Å². The zero-order chi connectivity index (χ0) is 15.3. The van der Waals surface area contributed by atoms with E-state index in [2.05, 4.69) is 35.7 Å². The number of nitrogens with two attached hydrogens (primary N) is 1. The highest BCUT2D eigenvalue weighted by molar-refractivity contribution is 5.66. The van der Waals surface area contributed by atoms with Crippen LogP contribution in [0.15, 0.2) is 18.2 Å². The molecule has 0 saturated carbocycles. The summed E-state index contributed by atoms with van der Waals surface area (Å²) >= 11 is 0. The van der Waals surface area contributed by atoms with Crippen molar-refractivity contribution in [1.29, 1.82) is 0 Å². The zero-order valence-corrected chi connectivity index (χ0v) is 14.8. The molecular weight excluding hydrogens is 298 g/mol. The summed E-state index contributed by atoms with van der Waals surface area (Å²) in [5, 5.41) is 6.63. The average Bonchev–Trinajstić information content (AvgIpc) is 2.47. The molecule has 0 radical (unpaired) electrons. The number of likely N-dealkylation sites (N-methyl/N-ethyl adjacent to an activating group) is 2. The number of benzene rings is 1. The van der Waals surface area contributed by atoms with Crippen LogP contribution >= 0.6 is 0 Å². The topological polar surface area (TPSA) is 53.3 Å². The van der Waals surface area contributed by atoms with Gasteiger partial charge in [-0.05, 0) is 24.7 Å². The molecule has 1 aromatic carbocycles. The summed E-state index contributed by atoms with van der Waals surface area (Å²) in [5.74, 6) is 0. The molecular formula is C16H30ClN5. The molecule has 126 valence electrons. The van der Waals surface area contributed by atoms with Crippen LogP contribution in [0.2, 0.25) is 0 Å². The largest absolute Gasteiger partial charge is 1.00 e. The van der Waals surface area contributed by atoms with Crippen molar-refractivity contribution in [2.75, 3.05) is 71.5 Å². The first-order valence-corrected chi connectivity index (χ1v) is 7.81. The average molecular weight is 328 g/mol. The maximum absolute atomic E-state index is 5.99. The van der Waals surface area contributed by atoms with Crippen LogP contribution in [0, 0.1) is 0 Å². The Balaban J connectivity index is 0.00000242. The molecule has 6 heteroatoms. The minimum atomic E-state index is 0. The number of hydrogen-bond donors (Lipinski definition) is 3. The van der Waals surface area contributed by atoms with Crippen LogP contribution < -0.4 is 28.8 Å². The van der Waals surface area contributed by atoms with Crippen molar-refractivity contribution in [3.05, 3.63) is 23.8 Å². The Morgan fingerprint density at radius 2 is 1.95 bits per heavy atom. The molecule has 1 aromatic rings. The lowest BCUT2D eigenvalue weighted by molar-refractivity contribution is -0.912. The number of nitrogens with zero attached hydrogens (tertiary/aromatic N) is 2. The zero-order valence-electron chi connectivity index (χ0n) is 14.0. The van der Waals surface area contributed by atoms with Crippen LogP contribution in [0.1, 0.15) is 5.56 Å². The highest BCUT2D eigenvalue weighted by atomic mass is 35.5. The van der Waals surface area contributed by atoms with E-state index < -0.39 is 0 Å². The van der Waals surface area contributed by atoms with E-state index in [0.29, 0.717) is 0 Å². The molecule has 1 aliphatic rings. The van der Waals surface area contributed by atoms with E-state index in [-0.39, 0.29) is 12.4 Å². The van der Waals surface area contributed by atoms with Gasteiger partial charge < -0.3 is 33.3 Å². The van der Waals surface area contributed by atoms with E-state index in [1.807, 2.05) is 19.2 Å². The second-order valence-corrected chi connectivity index (χ2v) is 6.44. The molecule has 1 heterocycles. The smallest absolute Gasteiger partial charge is 0.0914 e. The normalized spacial score (nSPS) is 17.8. The van der Waals surface area contributed by atoms with Crippen LogP contribution in [0.4, 0.5) is 11.4 Å². The van der Waals surface area contributed by atoms with Crippen molar-refractivity contribution in [3.8, 4) is 0 Å². The molecule has 4 N–H and O–H groups in total. The van der Waals surface area contributed by atoms with E-state index in [4.69, 9.17) is 5.73 Å². The predicted octanol–water partition coefficient (Wildman–Crippen LogP) is -2.20. The van der Waals surface area contributed by atoms with E-state index in [9.17, 15) is 0 Å². The number of hydrogen-bond acceptors (Lipinski definition) is 4. The molecule has 22 heavy (non-hydrogen) atoms. The number of quaternary nitrogens is 1. The van der Waals surface area contributed by atoms with Gasteiger partial charge in [0.25, 0.3) is 0 Å². The Labute approximate surface area is 140 Å². The van der Waals surface area contributed by atoms with E-state index in [1.54, 1.807) is 0 Å². The summed E-state index contributed by atoms with van der Waals surface area (Å²) in [7, 11) is 6.47. The van der Waals surface area contributed by atoms with Crippen molar-refractivity contribution in [1.82, 2.24) is 10.2 Å². The lowest BCUT2D eigenvalue weighted by atomic mass is 10.1. The lowest BCUT2D eigenvalue weighted by Gasteiger charge is -2.41. The molecule has 0 spiro atoms. The highest BCUT2D eigenvalue weighted by Crippen LogP contribution is 2.18. The highest BCUT2D eigenvalue weighted by Gasteiger charge is 2.26. The second-order valence-electron chi connectivity index (χ2n) is 6.44. The first-order chi connectivity index (χ1) is 10.0. The molecule has 2 rings (SSSR count). The van der Waals surface area contributed by atoms with Crippen LogP contribution in [-0.2, 0) is 6.54 Å². The van der Waals surface area contributed by atoms with E-state index >= 15 is 0 Å². The first-order valence-electron chi connectivity index (χ1n) is 7.81. The fourth-order valence-electron chi connectivity index (χ4n) is 2.80. The second kappa shape index (κ2) is 8.58. The van der Waals surface area contributed by atoms with Gasteiger partial charge in [-0.15, -0.1) is 0 Å². The monoisotopic (exact) mass is 327 g/mol. The van der Waals surface area contributed by atoms with Crippen molar-refractivity contribution in [2.45, 2.75) is 6.54 Å². The third kappa shape index (κ3) is 5.32. The maximum atomic E-state index is 5.99. The van der Waals surface area contributed by atoms with Gasteiger partial charge in [0, 0.05) is 33.2 Å². The van der Waals surface area contributed by atoms with E-state index in [0.717, 1.165) is 24.5 Å². The summed E-state index contributed by atoms with van der Waals surface area (Å²) in [6, 6.07) is 6.22. The van der Waals surface area contributed by atoms with Gasteiger partial charge in [0.2, 0.25) is 0 Å². The summed E-state index contributed by atoms with van der Waals surface area (Å²) in [6.45, 7) is 8.04. The number of nitrogen functional groups attached to an aromatic ring is 1. The van der Waals surface area contributed by atoms with Crippen molar-refractivity contribution >= 4 is 11.4 Å². The van der Waals surface area contributed by atoms with Gasteiger partial charge in [-0.1, -0.05) is 6.07 Å². The molecule has 0 aliphatic carbocycles. The molecule has 0 amide bonds. The number of piperazine rings is 1. The van der Waals surface area contributed by atoms with Crippen LogP contribution in [0.25, 0.3) is 0 Å². The van der Waals surface area contributed by atoms with Crippen molar-refractivity contribution in [2.24, 2.45) is 0 Å². The molecule has 0 unspecified atom stereocenters. The Hall–Kier alpha value is -1.01. The molecule has 1 aliphatic heterocycles. The van der Waals surface area contributed by atoms with Crippen LogP contribution in [0.3, 0.4) is 0 Å². The van der Waals surface area contributed by atoms with Gasteiger partial charge in [0.15, 0.2) is 0 Å². The van der Waals surface area contributed by atoms with Crippen LogP contribution in [-0.4, -0.2) is 69.8 Å². The van der Waals surface area contributed by atoms with Crippen molar-refractivity contribution < 1.29 is 16.9 Å². The standard InChI is InChI=1S/C16H30N5.ClH/c1-18-16-5-4-14(12-15(16)17)13-19-6-9-21(3)10-7-20(2)8-11-21;/h4-5,12,18-19H,6-11,13,17H2,1-3H3;1H/q+1;/p-1. The third-order valence-corrected chi connectivity index (χ3v) is 4.59. The Morgan fingerprint density at radius 3 is 2.55 bits per heavy atom. The summed E-state index contributed by atoms with van der Waals surface area (Å²) in [4.78, 5) is 2.42. The fraction of sp³-hybridized carbons (Fsp3) is 0.625. The molecule has 0 bridgehead atoms. The fourth-order valence-corrected chi connectivity index (χ4v) is 2.80. The molecule has 5 nitrogen and oxygen atoms in total. The summed E-state index contributed by atoms with van der Waals surface area (Å²) in [5.41, 5.74) is 9.04. The first kappa shape index (κ1) is 19.0. The third-order valence-electron chi connectivity index (χ3n) is 4.59. The number of nitrogens with one attached hydrogen (secondary N) is 2. The van der Waals surface area contributed by atoms with E-state index in [1.165, 1.54) is 42.8 Å². The maximum Gasteiger partial charge on any atom is 0.0914 e.